The van der Waals surface area contributed by atoms with Crippen molar-refractivity contribution in [3.05, 3.63) is 52.6 Å². The van der Waals surface area contributed by atoms with Gasteiger partial charge in [0, 0.05) is 23.6 Å². The minimum absolute atomic E-state index is 0.114. The van der Waals surface area contributed by atoms with Crippen molar-refractivity contribution in [2.45, 2.75) is 31.8 Å². The molecule has 1 unspecified atom stereocenters. The zero-order valence-corrected chi connectivity index (χ0v) is 17.3. The Hall–Kier alpha value is -3.17. The molecule has 1 amide bonds. The highest BCUT2D eigenvalue weighted by atomic mass is 35.5. The molecule has 0 bridgehead atoms. The van der Waals surface area contributed by atoms with Crippen molar-refractivity contribution in [2.24, 2.45) is 5.73 Å². The maximum Gasteiger partial charge on any atom is 0.405 e. The van der Waals surface area contributed by atoms with Gasteiger partial charge in [-0.15, -0.1) is 0 Å². The molecule has 8 nitrogen and oxygen atoms in total. The number of hydrogen-bond donors (Lipinski definition) is 3. The molecule has 1 saturated carbocycles. The largest absolute Gasteiger partial charge is 0.491 e. The number of aromatic nitrogens is 2. The van der Waals surface area contributed by atoms with Gasteiger partial charge in [0.15, 0.2) is 0 Å². The van der Waals surface area contributed by atoms with E-state index in [2.05, 4.69) is 15.5 Å². The molecule has 1 atom stereocenters. The fraction of sp³-hybridized carbons (Fsp3) is 0.286. The Morgan fingerprint density at radius 2 is 2.06 bits per heavy atom. The van der Waals surface area contributed by atoms with Crippen LogP contribution in [0.25, 0.3) is 22.5 Å². The Labute approximate surface area is 182 Å². The van der Waals surface area contributed by atoms with E-state index in [0.717, 1.165) is 0 Å². The SMILES string of the molecule is Cc1nc(-c2c(F)cc(Cl)cc2-c2ccc3c(c2)OCC3NC(=O)O)no1.NC1CC1. The minimum atomic E-state index is -1.13. The third kappa shape index (κ3) is 4.78. The number of amides is 1. The van der Waals surface area contributed by atoms with E-state index < -0.39 is 18.0 Å². The monoisotopic (exact) mass is 446 g/mol. The summed E-state index contributed by atoms with van der Waals surface area (Å²) in [4.78, 5) is 15.0. The Kier molecular flexibility index (Phi) is 5.79. The number of ether oxygens (including phenoxy) is 1. The second kappa shape index (κ2) is 8.52. The lowest BCUT2D eigenvalue weighted by molar-refractivity contribution is 0.186. The van der Waals surface area contributed by atoms with Crippen molar-refractivity contribution < 1.29 is 23.6 Å². The lowest BCUT2D eigenvalue weighted by Crippen LogP contribution is -2.27. The van der Waals surface area contributed by atoms with Crippen LogP contribution in [0.2, 0.25) is 5.02 Å². The molecule has 162 valence electrons. The lowest BCUT2D eigenvalue weighted by Gasteiger charge is -2.11. The van der Waals surface area contributed by atoms with Crippen LogP contribution in [0, 0.1) is 12.7 Å². The number of halogens is 2. The molecule has 0 spiro atoms. The van der Waals surface area contributed by atoms with Crippen LogP contribution in [0.15, 0.2) is 34.9 Å². The van der Waals surface area contributed by atoms with Crippen molar-refractivity contribution in [2.75, 3.05) is 6.61 Å². The van der Waals surface area contributed by atoms with Crippen LogP contribution in [0.3, 0.4) is 0 Å². The van der Waals surface area contributed by atoms with E-state index in [1.165, 1.54) is 18.9 Å². The highest BCUT2D eigenvalue weighted by Crippen LogP contribution is 2.40. The van der Waals surface area contributed by atoms with Crippen LogP contribution in [-0.4, -0.2) is 34.0 Å². The first-order valence-corrected chi connectivity index (χ1v) is 10.0. The summed E-state index contributed by atoms with van der Waals surface area (Å²) in [5, 5.41) is 15.3. The van der Waals surface area contributed by atoms with Gasteiger partial charge >= 0.3 is 6.09 Å². The topological polar surface area (TPSA) is 124 Å². The molecule has 2 heterocycles. The summed E-state index contributed by atoms with van der Waals surface area (Å²) in [7, 11) is 0. The third-order valence-electron chi connectivity index (χ3n) is 4.83. The summed E-state index contributed by atoms with van der Waals surface area (Å²) < 4.78 is 25.2. The van der Waals surface area contributed by atoms with Crippen molar-refractivity contribution in [1.82, 2.24) is 15.5 Å². The first kappa shape index (κ1) is 21.1. The molecule has 1 aliphatic carbocycles. The van der Waals surface area contributed by atoms with Crippen LogP contribution in [0.5, 0.6) is 5.75 Å². The average Bonchev–Trinajstić information content (AvgIpc) is 3.21. The molecule has 5 rings (SSSR count). The maximum absolute atomic E-state index is 14.7. The number of carboxylic acid groups (broad SMARTS) is 1. The Morgan fingerprint density at radius 1 is 1.32 bits per heavy atom. The van der Waals surface area contributed by atoms with Crippen LogP contribution in [0.4, 0.5) is 9.18 Å². The van der Waals surface area contributed by atoms with Crippen molar-refractivity contribution >= 4 is 17.7 Å². The van der Waals surface area contributed by atoms with Gasteiger partial charge < -0.3 is 25.4 Å². The molecule has 3 aromatic rings. The van der Waals surface area contributed by atoms with E-state index in [9.17, 15) is 9.18 Å². The number of aryl methyl sites for hydroxylation is 1. The normalized spacial score (nSPS) is 16.7. The quantitative estimate of drug-likeness (QED) is 0.547. The maximum atomic E-state index is 14.7. The van der Waals surface area contributed by atoms with Gasteiger partial charge in [0.05, 0.1) is 11.6 Å². The number of hydrogen-bond acceptors (Lipinski definition) is 6. The summed E-state index contributed by atoms with van der Waals surface area (Å²) in [6.45, 7) is 1.80. The molecular formula is C21H20ClFN4O4. The molecule has 1 fully saturated rings. The Balaban J connectivity index is 0.000000520. The number of fused-ring (bicyclic) bond motifs is 1. The van der Waals surface area contributed by atoms with Crippen LogP contribution in [0.1, 0.15) is 30.3 Å². The van der Waals surface area contributed by atoms with E-state index >= 15 is 0 Å². The summed E-state index contributed by atoms with van der Waals surface area (Å²) in [6.07, 6.45) is 1.40. The zero-order chi connectivity index (χ0) is 22.1. The molecule has 1 aromatic heterocycles. The summed E-state index contributed by atoms with van der Waals surface area (Å²) in [5.41, 5.74) is 7.19. The molecule has 1 aliphatic heterocycles. The van der Waals surface area contributed by atoms with E-state index in [-0.39, 0.29) is 23.0 Å². The van der Waals surface area contributed by atoms with Gasteiger partial charge in [0.25, 0.3) is 0 Å². The van der Waals surface area contributed by atoms with Crippen LogP contribution < -0.4 is 15.8 Å². The fourth-order valence-electron chi connectivity index (χ4n) is 3.17. The van der Waals surface area contributed by atoms with Crippen molar-refractivity contribution in [3.8, 4) is 28.3 Å². The number of carbonyl (C=O) groups is 1. The Bertz CT molecular complexity index is 1130. The van der Waals surface area contributed by atoms with Gasteiger partial charge in [-0.3, -0.25) is 0 Å². The van der Waals surface area contributed by atoms with Gasteiger partial charge in [0.1, 0.15) is 18.2 Å². The third-order valence-corrected chi connectivity index (χ3v) is 5.05. The Morgan fingerprint density at radius 3 is 2.68 bits per heavy atom. The van der Waals surface area contributed by atoms with E-state index in [0.29, 0.717) is 34.4 Å². The highest BCUT2D eigenvalue weighted by molar-refractivity contribution is 6.31. The number of nitrogens with zero attached hydrogens (tertiary/aromatic N) is 2. The van der Waals surface area contributed by atoms with E-state index in [4.69, 9.17) is 31.7 Å². The van der Waals surface area contributed by atoms with Gasteiger partial charge in [-0.2, -0.15) is 4.98 Å². The van der Waals surface area contributed by atoms with Crippen LogP contribution >= 0.6 is 11.6 Å². The first-order valence-electron chi connectivity index (χ1n) is 9.63. The van der Waals surface area contributed by atoms with E-state index in [1.54, 1.807) is 31.2 Å². The van der Waals surface area contributed by atoms with Gasteiger partial charge in [-0.05, 0) is 42.2 Å². The smallest absolute Gasteiger partial charge is 0.405 e. The molecule has 4 N–H and O–H groups in total. The molecule has 2 aliphatic rings. The summed E-state index contributed by atoms with van der Waals surface area (Å²) in [5.74, 6) is 0.362. The number of rotatable bonds is 3. The van der Waals surface area contributed by atoms with E-state index in [1.807, 2.05) is 0 Å². The molecule has 0 radical (unpaired) electrons. The number of nitrogens with one attached hydrogen (secondary N) is 1. The molecule has 0 saturated heterocycles. The zero-order valence-electron chi connectivity index (χ0n) is 16.6. The van der Waals surface area contributed by atoms with Crippen molar-refractivity contribution in [3.63, 3.8) is 0 Å². The fourth-order valence-corrected chi connectivity index (χ4v) is 3.38. The summed E-state index contributed by atoms with van der Waals surface area (Å²) >= 11 is 6.05. The molecule has 10 heteroatoms. The lowest BCUT2D eigenvalue weighted by atomic mass is 9.96. The molecular weight excluding hydrogens is 427 g/mol. The molecule has 2 aromatic carbocycles. The summed E-state index contributed by atoms with van der Waals surface area (Å²) in [6, 6.07) is 8.11. The molecule has 31 heavy (non-hydrogen) atoms. The number of nitrogens with two attached hydrogens (primary N) is 1. The predicted octanol–water partition coefficient (Wildman–Crippen LogP) is 4.31. The van der Waals surface area contributed by atoms with Gasteiger partial charge in [-0.25, -0.2) is 9.18 Å². The first-order chi connectivity index (χ1) is 14.8. The average molecular weight is 447 g/mol. The number of benzene rings is 2. The second-order valence-corrected chi connectivity index (χ2v) is 7.79. The second-order valence-electron chi connectivity index (χ2n) is 7.35. The minimum Gasteiger partial charge on any atom is -0.491 e. The van der Waals surface area contributed by atoms with Gasteiger partial charge in [-0.1, -0.05) is 28.9 Å². The predicted molar refractivity (Wildman–Crippen MR) is 111 cm³/mol. The standard InChI is InChI=1S/C18H13ClFN3O4.C3H7N/c1-8-21-17(23-27-8)16-12(5-10(19)6-13(16)20)9-2-3-11-14(22-18(24)25)7-26-15(11)4-9;4-3-1-2-3/h2-6,14,22H,7H2,1H3,(H,24,25);3H,1-2,4H2. The van der Waals surface area contributed by atoms with Crippen molar-refractivity contribution in [1.29, 1.82) is 0 Å². The van der Waals surface area contributed by atoms with Gasteiger partial charge in [0.2, 0.25) is 11.7 Å². The van der Waals surface area contributed by atoms with Crippen LogP contribution in [-0.2, 0) is 0 Å². The highest BCUT2D eigenvalue weighted by Gasteiger charge is 2.27.